The summed E-state index contributed by atoms with van der Waals surface area (Å²) in [6, 6.07) is 8.11. The fourth-order valence-corrected chi connectivity index (χ4v) is 5.49. The van der Waals surface area contributed by atoms with E-state index >= 15 is 0 Å². The quantitative estimate of drug-likeness (QED) is 0.292. The Hall–Kier alpha value is -4.30. The number of furan rings is 1. The number of fused-ring (bicyclic) bond motifs is 3. The van der Waals surface area contributed by atoms with E-state index in [4.69, 9.17) is 14.9 Å². The van der Waals surface area contributed by atoms with E-state index in [1.807, 2.05) is 4.90 Å². The average molecular weight is 539 g/mol. The van der Waals surface area contributed by atoms with Crippen LogP contribution in [0, 0.1) is 5.82 Å². The van der Waals surface area contributed by atoms with Gasteiger partial charge in [0.05, 0.1) is 12.0 Å². The number of thiazole rings is 1. The zero-order valence-electron chi connectivity index (χ0n) is 20.1. The van der Waals surface area contributed by atoms with Crippen LogP contribution in [0.3, 0.4) is 0 Å². The summed E-state index contributed by atoms with van der Waals surface area (Å²) in [6.45, 7) is 3.61. The molecule has 4 aromatic heterocycles. The first-order valence-corrected chi connectivity index (χ1v) is 12.8. The van der Waals surface area contributed by atoms with Crippen LogP contribution >= 0.6 is 11.3 Å². The second-order valence-corrected chi connectivity index (χ2v) is 9.67. The van der Waals surface area contributed by atoms with Crippen LogP contribution in [0.2, 0.25) is 0 Å². The molecule has 0 saturated carbocycles. The van der Waals surface area contributed by atoms with Gasteiger partial charge >= 0.3 is 4.87 Å². The lowest BCUT2D eigenvalue weighted by atomic mass is 10.2. The highest BCUT2D eigenvalue weighted by Gasteiger charge is 2.22. The second kappa shape index (κ2) is 9.87. The van der Waals surface area contributed by atoms with Crippen molar-refractivity contribution in [1.29, 1.82) is 0 Å². The molecule has 0 aliphatic carbocycles. The predicted octanol–water partition coefficient (Wildman–Crippen LogP) is 1.88. The topological polar surface area (TPSA) is 137 Å². The Bertz CT molecular complexity index is 1670. The molecule has 2 N–H and O–H groups in total. The number of nitrogen functional groups attached to an aromatic ring is 1. The van der Waals surface area contributed by atoms with E-state index in [-0.39, 0.29) is 17.4 Å². The van der Waals surface area contributed by atoms with Crippen LogP contribution in [0.4, 0.5) is 16.0 Å². The molecular weight excluding hydrogens is 515 g/mol. The lowest BCUT2D eigenvalue weighted by molar-refractivity contribution is -0.109. The molecule has 0 spiro atoms. The van der Waals surface area contributed by atoms with Crippen LogP contribution < -0.4 is 20.2 Å². The summed E-state index contributed by atoms with van der Waals surface area (Å²) in [7, 11) is 0. The van der Waals surface area contributed by atoms with Gasteiger partial charge in [-0.15, -0.1) is 5.10 Å². The Labute approximate surface area is 218 Å². The maximum Gasteiger partial charge on any atom is 0.309 e. The number of halogens is 1. The smallest absolute Gasteiger partial charge is 0.309 e. The molecule has 5 heterocycles. The van der Waals surface area contributed by atoms with Crippen LogP contribution in [-0.4, -0.2) is 74.7 Å². The normalized spacial score (nSPS) is 14.5. The van der Waals surface area contributed by atoms with Gasteiger partial charge in [0.25, 0.3) is 0 Å². The Balaban J connectivity index is 1.15. The van der Waals surface area contributed by atoms with E-state index in [9.17, 15) is 14.0 Å². The fourth-order valence-electron chi connectivity index (χ4n) is 4.55. The van der Waals surface area contributed by atoms with E-state index in [1.54, 1.807) is 28.8 Å². The Morgan fingerprint density at radius 2 is 1.97 bits per heavy atom. The number of hydrogen-bond donors (Lipinski definition) is 1. The molecule has 0 amide bonds. The third-order valence-electron chi connectivity index (χ3n) is 6.45. The number of carbonyl (C=O) groups excluding carboxylic acids is 1. The van der Waals surface area contributed by atoms with Crippen LogP contribution in [0.1, 0.15) is 0 Å². The number of rotatable bonds is 8. The van der Waals surface area contributed by atoms with E-state index in [0.717, 1.165) is 11.3 Å². The van der Waals surface area contributed by atoms with Crippen molar-refractivity contribution in [3.63, 3.8) is 0 Å². The molecule has 12 nitrogen and oxygen atoms in total. The SMILES string of the molecule is Nc1nc2c(sc(=O)n2CCN2CCN(c3ccc(OCC=O)cc3F)CC2)c2nc(-c3ccco3)nn12. The molecule has 1 saturated heterocycles. The van der Waals surface area contributed by atoms with Crippen molar-refractivity contribution < 1.29 is 18.3 Å². The average Bonchev–Trinajstić information content (AvgIpc) is 3.66. The highest BCUT2D eigenvalue weighted by Crippen LogP contribution is 2.27. The number of piperazine rings is 1. The van der Waals surface area contributed by atoms with E-state index in [0.29, 0.717) is 84.6 Å². The Kier molecular flexibility index (Phi) is 6.25. The summed E-state index contributed by atoms with van der Waals surface area (Å²) < 4.78 is 28.8. The van der Waals surface area contributed by atoms with Crippen molar-refractivity contribution in [1.82, 2.24) is 29.0 Å². The largest absolute Gasteiger partial charge is 0.486 e. The number of ether oxygens (including phenoxy) is 1. The molecule has 5 aromatic rings. The zero-order chi connectivity index (χ0) is 26.2. The lowest BCUT2D eigenvalue weighted by Crippen LogP contribution is -2.47. The van der Waals surface area contributed by atoms with Crippen LogP contribution in [0.5, 0.6) is 5.75 Å². The molecule has 0 unspecified atom stereocenters. The van der Waals surface area contributed by atoms with E-state index in [1.165, 1.54) is 16.8 Å². The van der Waals surface area contributed by atoms with Crippen LogP contribution in [0.15, 0.2) is 45.8 Å². The number of benzene rings is 1. The van der Waals surface area contributed by atoms with Crippen LogP contribution in [-0.2, 0) is 11.3 Å². The molecule has 38 heavy (non-hydrogen) atoms. The summed E-state index contributed by atoms with van der Waals surface area (Å²) in [5.74, 6) is 0.912. The van der Waals surface area contributed by atoms with Gasteiger partial charge in [-0.25, -0.2) is 9.37 Å². The maximum atomic E-state index is 14.6. The maximum absolute atomic E-state index is 14.6. The predicted molar refractivity (Wildman–Crippen MR) is 139 cm³/mol. The van der Waals surface area contributed by atoms with Crippen molar-refractivity contribution in [2.45, 2.75) is 6.54 Å². The number of nitrogens with two attached hydrogens (primary N) is 1. The van der Waals surface area contributed by atoms with E-state index in [2.05, 4.69) is 20.0 Å². The van der Waals surface area contributed by atoms with Gasteiger partial charge in [-0.3, -0.25) is 19.1 Å². The van der Waals surface area contributed by atoms with E-state index < -0.39 is 5.82 Å². The molecule has 1 aliphatic rings. The van der Waals surface area contributed by atoms with Crippen molar-refractivity contribution in [2.24, 2.45) is 0 Å². The standard InChI is InChI=1S/C24H23FN8O4S/c25-16-14-15(36-13-11-34)3-4-17(16)31-8-5-30(6-9-31)7-10-32-21-19(38-24(32)35)22-27-20(18-2-1-12-37-18)29-33(22)23(26)28-21/h1-4,11-12,14H,5-10,13H2,(H2,26,28). The van der Waals surface area contributed by atoms with Gasteiger partial charge in [-0.05, 0) is 24.3 Å². The molecule has 1 fully saturated rings. The molecule has 1 aromatic carbocycles. The highest BCUT2D eigenvalue weighted by atomic mass is 32.1. The summed E-state index contributed by atoms with van der Waals surface area (Å²) in [4.78, 5) is 36.4. The summed E-state index contributed by atoms with van der Waals surface area (Å²) in [5.41, 5.74) is 7.58. The van der Waals surface area contributed by atoms with Crippen molar-refractivity contribution in [2.75, 3.05) is 50.0 Å². The van der Waals surface area contributed by atoms with Gasteiger partial charge in [0.2, 0.25) is 11.8 Å². The number of nitrogens with zero attached hydrogens (tertiary/aromatic N) is 7. The minimum Gasteiger partial charge on any atom is -0.486 e. The first kappa shape index (κ1) is 24.1. The number of aromatic nitrogens is 5. The number of anilines is 2. The third-order valence-corrected chi connectivity index (χ3v) is 7.41. The first-order chi connectivity index (χ1) is 18.5. The number of carbonyl (C=O) groups is 1. The second-order valence-electron chi connectivity index (χ2n) is 8.71. The van der Waals surface area contributed by atoms with Gasteiger partial charge in [-0.2, -0.15) is 9.50 Å². The summed E-state index contributed by atoms with van der Waals surface area (Å²) >= 11 is 1.06. The van der Waals surface area contributed by atoms with Gasteiger partial charge in [0.15, 0.2) is 23.3 Å². The van der Waals surface area contributed by atoms with Gasteiger partial charge in [-0.1, -0.05) is 11.3 Å². The molecule has 6 rings (SSSR count). The molecule has 14 heteroatoms. The monoisotopic (exact) mass is 538 g/mol. The molecule has 0 radical (unpaired) electrons. The highest BCUT2D eigenvalue weighted by molar-refractivity contribution is 7.17. The van der Waals surface area contributed by atoms with Crippen molar-refractivity contribution in [3.05, 3.63) is 52.1 Å². The van der Waals surface area contributed by atoms with Gasteiger partial charge in [0.1, 0.15) is 22.9 Å². The Morgan fingerprint density at radius 1 is 1.13 bits per heavy atom. The molecule has 1 aliphatic heterocycles. The lowest BCUT2D eigenvalue weighted by Gasteiger charge is -2.36. The fraction of sp³-hybridized carbons (Fsp3) is 0.292. The Morgan fingerprint density at radius 3 is 2.71 bits per heavy atom. The zero-order valence-corrected chi connectivity index (χ0v) is 20.9. The van der Waals surface area contributed by atoms with Crippen LogP contribution in [0.25, 0.3) is 27.6 Å². The first-order valence-electron chi connectivity index (χ1n) is 11.9. The number of hydrogen-bond acceptors (Lipinski definition) is 11. The van der Waals surface area contributed by atoms with Gasteiger partial charge in [0, 0.05) is 45.3 Å². The third kappa shape index (κ3) is 4.37. The minimum atomic E-state index is -0.392. The minimum absolute atomic E-state index is 0.113. The molecule has 196 valence electrons. The summed E-state index contributed by atoms with van der Waals surface area (Å²) in [6.07, 6.45) is 2.16. The molecule has 0 atom stereocenters. The number of aldehydes is 1. The van der Waals surface area contributed by atoms with Gasteiger partial charge < -0.3 is 19.8 Å². The van der Waals surface area contributed by atoms with Crippen molar-refractivity contribution in [3.8, 4) is 17.3 Å². The molecule has 0 bridgehead atoms. The summed E-state index contributed by atoms with van der Waals surface area (Å²) in [5, 5.41) is 4.38. The van der Waals surface area contributed by atoms with Crippen molar-refractivity contribution >= 4 is 45.3 Å². The molecular formula is C24H23FN8O4S.